The summed E-state index contributed by atoms with van der Waals surface area (Å²) >= 11 is 0. The molecule has 0 saturated carbocycles. The third kappa shape index (κ3) is 4.18. The number of carboxylic acids is 1. The summed E-state index contributed by atoms with van der Waals surface area (Å²) in [5.41, 5.74) is 2.07. The number of hydrogen-bond donors (Lipinski definition) is 1. The molecule has 1 aromatic heterocycles. The van der Waals surface area contributed by atoms with E-state index in [0.29, 0.717) is 25.9 Å². The van der Waals surface area contributed by atoms with Crippen LogP contribution in [0.5, 0.6) is 0 Å². The molecule has 2 aromatic rings. The monoisotopic (exact) mass is 385 g/mol. The van der Waals surface area contributed by atoms with Crippen molar-refractivity contribution in [3.63, 3.8) is 0 Å². The smallest absolute Gasteiger partial charge is 0.306 e. The molecule has 1 aromatic carbocycles. The number of piperidine rings is 1. The van der Waals surface area contributed by atoms with Crippen LogP contribution in [-0.2, 0) is 27.3 Å². The molecule has 0 bridgehead atoms. The van der Waals surface area contributed by atoms with Crippen molar-refractivity contribution >= 4 is 28.7 Å². The van der Waals surface area contributed by atoms with Crippen LogP contribution in [-0.4, -0.2) is 63.9 Å². The van der Waals surface area contributed by atoms with Crippen LogP contribution in [0.2, 0.25) is 0 Å². The number of aliphatic carboxylic acids is 1. The summed E-state index contributed by atoms with van der Waals surface area (Å²) in [6.07, 6.45) is 3.19. The Hall–Kier alpha value is -2.83. The van der Waals surface area contributed by atoms with Gasteiger partial charge in [0.05, 0.1) is 18.9 Å². The number of benzene rings is 1. The van der Waals surface area contributed by atoms with E-state index >= 15 is 0 Å². The van der Waals surface area contributed by atoms with Crippen LogP contribution in [0, 0.1) is 5.92 Å². The number of fused-ring (bicyclic) bond motifs is 1. The Balaban J connectivity index is 1.59. The van der Waals surface area contributed by atoms with E-state index in [1.165, 1.54) is 4.90 Å². The van der Waals surface area contributed by atoms with Gasteiger partial charge in [-0.2, -0.15) is 0 Å². The van der Waals surface area contributed by atoms with E-state index in [1.807, 2.05) is 30.5 Å². The quantitative estimate of drug-likeness (QED) is 0.824. The van der Waals surface area contributed by atoms with Gasteiger partial charge in [0.2, 0.25) is 11.8 Å². The standard InChI is InChI=1S/C21H27N3O4/c1-3-23-13-16(17-6-4-5-7-18(17)23)12-19(25)22(2)14-20(26)24-10-8-15(9-11-24)21(27)28/h4-7,13,15H,3,8-12,14H2,1-2H3,(H,27,28). The summed E-state index contributed by atoms with van der Waals surface area (Å²) in [7, 11) is 1.64. The number of aromatic nitrogens is 1. The van der Waals surface area contributed by atoms with Gasteiger partial charge in [0.15, 0.2) is 0 Å². The summed E-state index contributed by atoms with van der Waals surface area (Å²) in [6, 6.07) is 8.01. The number of hydrogen-bond acceptors (Lipinski definition) is 3. The van der Waals surface area contributed by atoms with Crippen molar-refractivity contribution in [3.05, 3.63) is 36.0 Å². The van der Waals surface area contributed by atoms with Crippen molar-refractivity contribution in [3.8, 4) is 0 Å². The van der Waals surface area contributed by atoms with Gasteiger partial charge in [-0.3, -0.25) is 14.4 Å². The average molecular weight is 385 g/mol. The molecule has 150 valence electrons. The van der Waals surface area contributed by atoms with Crippen LogP contribution in [0.15, 0.2) is 30.5 Å². The number of nitrogens with zero attached hydrogens (tertiary/aromatic N) is 3. The van der Waals surface area contributed by atoms with Gasteiger partial charge in [0, 0.05) is 43.8 Å². The average Bonchev–Trinajstić information content (AvgIpc) is 3.05. The SMILES string of the molecule is CCn1cc(CC(=O)N(C)CC(=O)N2CCC(C(=O)O)CC2)c2ccccc21. The highest BCUT2D eigenvalue weighted by Crippen LogP contribution is 2.22. The Bertz CT molecular complexity index is 881. The molecule has 1 fully saturated rings. The molecule has 1 aliphatic heterocycles. The number of aryl methyl sites for hydroxylation is 1. The highest BCUT2D eigenvalue weighted by molar-refractivity contribution is 5.91. The minimum Gasteiger partial charge on any atom is -0.481 e. The molecule has 1 aliphatic rings. The molecule has 1 N–H and O–H groups in total. The lowest BCUT2D eigenvalue weighted by atomic mass is 9.97. The first kappa shape index (κ1) is 19.9. The van der Waals surface area contributed by atoms with Gasteiger partial charge in [-0.15, -0.1) is 0 Å². The lowest BCUT2D eigenvalue weighted by molar-refractivity contribution is -0.146. The normalized spacial score (nSPS) is 15.0. The van der Waals surface area contributed by atoms with Crippen LogP contribution in [0.1, 0.15) is 25.3 Å². The van der Waals surface area contributed by atoms with Crippen molar-refractivity contribution in [1.29, 1.82) is 0 Å². The molecule has 0 radical (unpaired) electrons. The Morgan fingerprint density at radius 1 is 1.18 bits per heavy atom. The largest absolute Gasteiger partial charge is 0.481 e. The van der Waals surface area contributed by atoms with E-state index in [0.717, 1.165) is 23.0 Å². The van der Waals surface area contributed by atoms with E-state index in [-0.39, 0.29) is 30.7 Å². The summed E-state index contributed by atoms with van der Waals surface area (Å²) < 4.78 is 2.12. The second-order valence-corrected chi connectivity index (χ2v) is 7.38. The summed E-state index contributed by atoms with van der Waals surface area (Å²) in [4.78, 5) is 39.3. The van der Waals surface area contributed by atoms with Crippen molar-refractivity contribution in [2.75, 3.05) is 26.7 Å². The van der Waals surface area contributed by atoms with Gasteiger partial charge in [-0.05, 0) is 31.4 Å². The molecule has 2 heterocycles. The van der Waals surface area contributed by atoms with E-state index in [2.05, 4.69) is 11.5 Å². The molecule has 3 rings (SSSR count). The minimum absolute atomic E-state index is 0.0169. The van der Waals surface area contributed by atoms with Gasteiger partial charge in [0.25, 0.3) is 0 Å². The number of para-hydroxylation sites is 1. The van der Waals surface area contributed by atoms with Crippen molar-refractivity contribution < 1.29 is 19.5 Å². The molecule has 0 aliphatic carbocycles. The molecule has 28 heavy (non-hydrogen) atoms. The third-order valence-electron chi connectivity index (χ3n) is 5.55. The predicted octanol–water partition coefficient (Wildman–Crippen LogP) is 1.99. The summed E-state index contributed by atoms with van der Waals surface area (Å²) in [5, 5.41) is 10.1. The molecule has 0 spiro atoms. The fourth-order valence-electron chi connectivity index (χ4n) is 3.79. The van der Waals surface area contributed by atoms with Crippen LogP contribution in [0.3, 0.4) is 0 Å². The lowest BCUT2D eigenvalue weighted by Crippen LogP contribution is -2.45. The number of carbonyl (C=O) groups excluding carboxylic acids is 2. The van der Waals surface area contributed by atoms with E-state index in [4.69, 9.17) is 5.11 Å². The predicted molar refractivity (Wildman–Crippen MR) is 106 cm³/mol. The fraction of sp³-hybridized carbons (Fsp3) is 0.476. The zero-order valence-electron chi connectivity index (χ0n) is 16.4. The van der Waals surface area contributed by atoms with Crippen LogP contribution in [0.4, 0.5) is 0 Å². The number of carbonyl (C=O) groups is 3. The fourth-order valence-corrected chi connectivity index (χ4v) is 3.79. The first-order chi connectivity index (χ1) is 13.4. The van der Waals surface area contributed by atoms with E-state index in [9.17, 15) is 14.4 Å². The maximum absolute atomic E-state index is 12.7. The van der Waals surface area contributed by atoms with E-state index < -0.39 is 5.97 Å². The van der Waals surface area contributed by atoms with Gasteiger partial charge in [-0.1, -0.05) is 18.2 Å². The Morgan fingerprint density at radius 3 is 2.50 bits per heavy atom. The van der Waals surface area contributed by atoms with Crippen LogP contribution < -0.4 is 0 Å². The number of likely N-dealkylation sites (tertiary alicyclic amines) is 1. The zero-order valence-corrected chi connectivity index (χ0v) is 16.4. The molecule has 7 heteroatoms. The first-order valence-electron chi connectivity index (χ1n) is 9.72. The maximum Gasteiger partial charge on any atom is 0.306 e. The molecule has 0 unspecified atom stereocenters. The van der Waals surface area contributed by atoms with Crippen LogP contribution >= 0.6 is 0 Å². The number of amides is 2. The maximum atomic E-state index is 12.7. The van der Waals surface area contributed by atoms with Gasteiger partial charge < -0.3 is 19.5 Å². The van der Waals surface area contributed by atoms with Gasteiger partial charge >= 0.3 is 5.97 Å². The topological polar surface area (TPSA) is 82.9 Å². The second-order valence-electron chi connectivity index (χ2n) is 7.38. The molecular formula is C21H27N3O4. The second kappa shape index (κ2) is 8.46. The summed E-state index contributed by atoms with van der Waals surface area (Å²) in [6.45, 7) is 3.78. The molecule has 2 amide bonds. The third-order valence-corrected chi connectivity index (χ3v) is 5.55. The number of rotatable bonds is 6. The molecular weight excluding hydrogens is 358 g/mol. The molecule has 1 saturated heterocycles. The highest BCUT2D eigenvalue weighted by Gasteiger charge is 2.28. The van der Waals surface area contributed by atoms with Gasteiger partial charge in [0.1, 0.15) is 0 Å². The molecule has 0 atom stereocenters. The minimum atomic E-state index is -0.800. The highest BCUT2D eigenvalue weighted by atomic mass is 16.4. The zero-order chi connectivity index (χ0) is 20.3. The first-order valence-corrected chi connectivity index (χ1v) is 9.72. The Morgan fingerprint density at radius 2 is 1.86 bits per heavy atom. The lowest BCUT2D eigenvalue weighted by Gasteiger charge is -2.31. The Kier molecular flexibility index (Phi) is 6.02. The van der Waals surface area contributed by atoms with E-state index in [1.54, 1.807) is 11.9 Å². The van der Waals surface area contributed by atoms with Crippen molar-refractivity contribution in [2.24, 2.45) is 5.92 Å². The summed E-state index contributed by atoms with van der Waals surface area (Å²) in [5.74, 6) is -1.41. The van der Waals surface area contributed by atoms with Crippen molar-refractivity contribution in [2.45, 2.75) is 32.7 Å². The molecule has 7 nitrogen and oxygen atoms in total. The Labute approximate surface area is 164 Å². The number of carboxylic acid groups (broad SMARTS) is 1. The van der Waals surface area contributed by atoms with Crippen molar-refractivity contribution in [1.82, 2.24) is 14.4 Å². The van der Waals surface area contributed by atoms with Gasteiger partial charge in [-0.25, -0.2) is 0 Å². The van der Waals surface area contributed by atoms with Crippen LogP contribution in [0.25, 0.3) is 10.9 Å². The number of likely N-dealkylation sites (N-methyl/N-ethyl adjacent to an activating group) is 1.